The molecule has 2 heterocycles. The number of furan rings is 2. The second-order valence-corrected chi connectivity index (χ2v) is 16.4. The van der Waals surface area contributed by atoms with Crippen LogP contribution in [-0.2, 0) is 0 Å². The highest BCUT2D eigenvalue weighted by atomic mass is 16.3. The average Bonchev–Trinajstić information content (AvgIpc) is 3.94. The van der Waals surface area contributed by atoms with Crippen LogP contribution in [0.3, 0.4) is 0 Å². The molecule has 12 rings (SSSR count). The summed E-state index contributed by atoms with van der Waals surface area (Å²) in [5.74, 6) is 0.343. The molecule has 0 saturated heterocycles. The second kappa shape index (κ2) is 15.4. The van der Waals surface area contributed by atoms with Crippen LogP contribution in [0.4, 0.5) is 17.1 Å². The van der Waals surface area contributed by atoms with Crippen molar-refractivity contribution in [3.63, 3.8) is 0 Å². The van der Waals surface area contributed by atoms with E-state index in [4.69, 9.17) is 8.83 Å². The van der Waals surface area contributed by atoms with Gasteiger partial charge in [0.05, 0.1) is 0 Å². The third kappa shape index (κ3) is 6.63. The molecule has 1 aliphatic carbocycles. The molecule has 1 aliphatic rings. The van der Waals surface area contributed by atoms with Crippen LogP contribution in [0.5, 0.6) is 0 Å². The van der Waals surface area contributed by atoms with Crippen molar-refractivity contribution in [1.82, 2.24) is 0 Å². The number of hydrogen-bond donors (Lipinski definition) is 0. The lowest BCUT2D eigenvalue weighted by molar-refractivity contribution is 0.669. The molecular weight excluding hydrogens is 767 g/mol. The molecule has 0 saturated carbocycles. The van der Waals surface area contributed by atoms with Crippen LogP contribution in [0.2, 0.25) is 0 Å². The quantitative estimate of drug-likeness (QED) is 0.153. The fourth-order valence-corrected chi connectivity index (χ4v) is 9.44. The van der Waals surface area contributed by atoms with Crippen molar-refractivity contribution >= 4 is 60.9 Å². The minimum absolute atomic E-state index is 0.343. The van der Waals surface area contributed by atoms with Gasteiger partial charge in [-0.25, -0.2) is 0 Å². The standard InChI is InChI=1S/C60H41NO2/c1-3-13-40(14-4-1)45-37-46(41-15-5-2-6-16-41)39-47(38-45)42-25-31-48(32-26-42)61(49-33-27-43(28-34-49)51-19-11-21-55-53-17-7-9-23-57(53)62-59(51)55)50-35-29-44(30-36-50)52-20-12-22-56-54-18-8-10-24-58(54)63-60(52)56/h1-15,17-39,41H,16H2. The number of para-hydroxylation sites is 4. The van der Waals surface area contributed by atoms with Gasteiger partial charge in [0.1, 0.15) is 22.3 Å². The van der Waals surface area contributed by atoms with Crippen molar-refractivity contribution in [3.8, 4) is 44.5 Å². The van der Waals surface area contributed by atoms with Crippen LogP contribution in [0.1, 0.15) is 17.9 Å². The van der Waals surface area contributed by atoms with Crippen molar-refractivity contribution in [3.05, 3.63) is 236 Å². The van der Waals surface area contributed by atoms with Gasteiger partial charge in [0, 0.05) is 55.7 Å². The van der Waals surface area contributed by atoms with E-state index in [0.29, 0.717) is 5.92 Å². The maximum Gasteiger partial charge on any atom is 0.143 e. The smallest absolute Gasteiger partial charge is 0.143 e. The highest BCUT2D eigenvalue weighted by Gasteiger charge is 2.18. The van der Waals surface area contributed by atoms with E-state index in [9.17, 15) is 0 Å². The van der Waals surface area contributed by atoms with E-state index >= 15 is 0 Å². The molecule has 0 radical (unpaired) electrons. The van der Waals surface area contributed by atoms with Gasteiger partial charge in [-0.3, -0.25) is 0 Å². The molecule has 1 unspecified atom stereocenters. The number of fused-ring (bicyclic) bond motifs is 6. The number of nitrogens with zero attached hydrogens (tertiary/aromatic N) is 1. The summed E-state index contributed by atoms with van der Waals surface area (Å²) in [4.78, 5) is 2.34. The minimum atomic E-state index is 0.343. The molecule has 3 nitrogen and oxygen atoms in total. The summed E-state index contributed by atoms with van der Waals surface area (Å²) in [7, 11) is 0. The molecule has 9 aromatic carbocycles. The SMILES string of the molecule is C1=CCC(c2cc(-c3ccccc3)cc(-c3ccc(N(c4ccc(-c5cccc6c5oc5ccccc56)cc4)c4ccc(-c5cccc6c5oc5ccccc56)cc4)cc3)c2)C=C1. The summed E-state index contributed by atoms with van der Waals surface area (Å²) in [5, 5.41) is 4.51. The molecular formula is C60H41NO2. The Morgan fingerprint density at radius 1 is 0.365 bits per heavy atom. The number of anilines is 3. The Labute approximate surface area is 366 Å². The summed E-state index contributed by atoms with van der Waals surface area (Å²) in [5.41, 5.74) is 17.3. The van der Waals surface area contributed by atoms with E-state index in [1.54, 1.807) is 0 Å². The Hall–Kier alpha value is -8.14. The first kappa shape index (κ1) is 36.7. The van der Waals surface area contributed by atoms with Crippen molar-refractivity contribution in [1.29, 1.82) is 0 Å². The van der Waals surface area contributed by atoms with Gasteiger partial charge in [0.2, 0.25) is 0 Å². The van der Waals surface area contributed by atoms with E-state index < -0.39 is 0 Å². The molecule has 298 valence electrons. The fourth-order valence-electron chi connectivity index (χ4n) is 9.44. The molecule has 63 heavy (non-hydrogen) atoms. The van der Waals surface area contributed by atoms with Gasteiger partial charge in [0.15, 0.2) is 0 Å². The van der Waals surface area contributed by atoms with Gasteiger partial charge in [-0.1, -0.05) is 176 Å². The summed E-state index contributed by atoms with van der Waals surface area (Å²) in [6.45, 7) is 0. The predicted octanol–water partition coefficient (Wildman–Crippen LogP) is 17.2. The first-order valence-electron chi connectivity index (χ1n) is 21.7. The van der Waals surface area contributed by atoms with Gasteiger partial charge in [0.25, 0.3) is 0 Å². The molecule has 0 spiro atoms. The Morgan fingerprint density at radius 2 is 0.825 bits per heavy atom. The number of rotatable bonds is 8. The van der Waals surface area contributed by atoms with Crippen LogP contribution in [0.15, 0.2) is 239 Å². The van der Waals surface area contributed by atoms with E-state index in [1.165, 1.54) is 27.8 Å². The Morgan fingerprint density at radius 3 is 1.33 bits per heavy atom. The van der Waals surface area contributed by atoms with Crippen LogP contribution in [-0.4, -0.2) is 0 Å². The highest BCUT2D eigenvalue weighted by Crippen LogP contribution is 2.42. The Balaban J connectivity index is 0.945. The highest BCUT2D eigenvalue weighted by molar-refractivity contribution is 6.10. The Bertz CT molecular complexity index is 3360. The summed E-state index contributed by atoms with van der Waals surface area (Å²) in [6, 6.07) is 73.9. The van der Waals surface area contributed by atoms with Crippen LogP contribution in [0.25, 0.3) is 88.4 Å². The zero-order valence-electron chi connectivity index (χ0n) is 34.5. The third-order valence-electron chi connectivity index (χ3n) is 12.6. The third-order valence-corrected chi connectivity index (χ3v) is 12.6. The topological polar surface area (TPSA) is 29.5 Å². The molecule has 0 bridgehead atoms. The van der Waals surface area contributed by atoms with Crippen molar-refractivity contribution < 1.29 is 8.83 Å². The maximum absolute atomic E-state index is 6.44. The van der Waals surface area contributed by atoms with Gasteiger partial charge in [-0.2, -0.15) is 0 Å². The molecule has 11 aromatic rings. The van der Waals surface area contributed by atoms with Gasteiger partial charge >= 0.3 is 0 Å². The number of allylic oxidation sites excluding steroid dienone is 4. The average molecular weight is 808 g/mol. The number of hydrogen-bond acceptors (Lipinski definition) is 3. The zero-order valence-corrected chi connectivity index (χ0v) is 34.5. The molecule has 2 aromatic heterocycles. The van der Waals surface area contributed by atoms with Gasteiger partial charge in [-0.05, 0) is 100.0 Å². The normalized spacial score (nSPS) is 13.7. The summed E-state index contributed by atoms with van der Waals surface area (Å²) >= 11 is 0. The van der Waals surface area contributed by atoms with Gasteiger partial charge < -0.3 is 13.7 Å². The van der Waals surface area contributed by atoms with Gasteiger partial charge in [-0.15, -0.1) is 0 Å². The Kier molecular flexibility index (Phi) is 8.97. The predicted molar refractivity (Wildman–Crippen MR) is 263 cm³/mol. The maximum atomic E-state index is 6.44. The molecule has 0 amide bonds. The molecule has 0 N–H and O–H groups in total. The zero-order chi connectivity index (χ0) is 41.7. The van der Waals surface area contributed by atoms with E-state index in [-0.39, 0.29) is 0 Å². The molecule has 1 atom stereocenters. The molecule has 0 fully saturated rings. The largest absolute Gasteiger partial charge is 0.455 e. The van der Waals surface area contributed by atoms with E-state index in [1.807, 2.05) is 24.3 Å². The lowest BCUT2D eigenvalue weighted by atomic mass is 9.87. The van der Waals surface area contributed by atoms with E-state index in [2.05, 4.69) is 211 Å². The van der Waals surface area contributed by atoms with Crippen molar-refractivity contribution in [2.45, 2.75) is 12.3 Å². The summed E-state index contributed by atoms with van der Waals surface area (Å²) < 4.78 is 12.9. The summed E-state index contributed by atoms with van der Waals surface area (Å²) in [6.07, 6.45) is 9.90. The van der Waals surface area contributed by atoms with Crippen LogP contribution >= 0.6 is 0 Å². The lowest BCUT2D eigenvalue weighted by Crippen LogP contribution is -2.09. The first-order valence-corrected chi connectivity index (χ1v) is 21.7. The monoisotopic (exact) mass is 807 g/mol. The molecule has 0 aliphatic heterocycles. The first-order chi connectivity index (χ1) is 31.2. The second-order valence-electron chi connectivity index (χ2n) is 16.4. The lowest BCUT2D eigenvalue weighted by Gasteiger charge is -2.26. The van der Waals surface area contributed by atoms with Crippen LogP contribution in [0, 0.1) is 0 Å². The van der Waals surface area contributed by atoms with Crippen molar-refractivity contribution in [2.24, 2.45) is 0 Å². The minimum Gasteiger partial charge on any atom is -0.455 e. The van der Waals surface area contributed by atoms with Crippen molar-refractivity contribution in [2.75, 3.05) is 4.90 Å². The fraction of sp³-hybridized carbons (Fsp3) is 0.0333. The van der Waals surface area contributed by atoms with E-state index in [0.717, 1.165) is 89.6 Å². The number of benzene rings is 9. The molecule has 3 heteroatoms. The van der Waals surface area contributed by atoms with Crippen LogP contribution < -0.4 is 4.90 Å².